The number of halogens is 3. The number of fused-ring (bicyclic) bond motifs is 1. The van der Waals surface area contributed by atoms with Crippen LogP contribution in [0, 0.1) is 0 Å². The van der Waals surface area contributed by atoms with Gasteiger partial charge in [0.15, 0.2) is 5.82 Å². The molecular formula is C16H6BCl3N4O2. The molecule has 0 N–H and O–H groups in total. The van der Waals surface area contributed by atoms with Crippen LogP contribution in [0.5, 0.6) is 0 Å². The van der Waals surface area contributed by atoms with Gasteiger partial charge in [0.05, 0.1) is 15.1 Å². The van der Waals surface area contributed by atoms with E-state index in [4.69, 9.17) is 47.1 Å². The minimum absolute atomic E-state index is 0.0439. The molecule has 6 nitrogen and oxygen atoms in total. The van der Waals surface area contributed by atoms with E-state index < -0.39 is 5.63 Å². The Morgan fingerprint density at radius 3 is 2.62 bits per heavy atom. The van der Waals surface area contributed by atoms with E-state index >= 15 is 0 Å². The second-order valence-corrected chi connectivity index (χ2v) is 6.46. The van der Waals surface area contributed by atoms with Gasteiger partial charge in [-0.25, -0.2) is 19.4 Å². The van der Waals surface area contributed by atoms with Crippen molar-refractivity contribution in [3.63, 3.8) is 0 Å². The Kier molecular flexibility index (Phi) is 4.22. The van der Waals surface area contributed by atoms with Crippen LogP contribution >= 0.6 is 34.8 Å². The molecule has 3 aromatic heterocycles. The van der Waals surface area contributed by atoms with Gasteiger partial charge in [0.25, 0.3) is 0 Å². The highest BCUT2D eigenvalue weighted by Gasteiger charge is 2.19. The van der Waals surface area contributed by atoms with E-state index in [0.29, 0.717) is 10.8 Å². The van der Waals surface area contributed by atoms with Gasteiger partial charge in [-0.3, -0.25) is 0 Å². The molecule has 0 spiro atoms. The first-order valence-electron chi connectivity index (χ1n) is 7.21. The summed E-state index contributed by atoms with van der Waals surface area (Å²) < 4.78 is 6.67. The Bertz CT molecular complexity index is 1220. The normalized spacial score (nSPS) is 11.2. The van der Waals surface area contributed by atoms with Crippen molar-refractivity contribution in [2.75, 3.05) is 0 Å². The van der Waals surface area contributed by atoms with Crippen LogP contribution in [-0.4, -0.2) is 27.6 Å². The van der Waals surface area contributed by atoms with Crippen LogP contribution in [-0.2, 0) is 0 Å². The Hall–Kier alpha value is -2.35. The van der Waals surface area contributed by atoms with Crippen molar-refractivity contribution in [2.24, 2.45) is 0 Å². The lowest BCUT2D eigenvalue weighted by Gasteiger charge is -2.08. The summed E-state index contributed by atoms with van der Waals surface area (Å²) in [7, 11) is 5.81. The van der Waals surface area contributed by atoms with Gasteiger partial charge in [0.1, 0.15) is 24.4 Å². The van der Waals surface area contributed by atoms with Crippen molar-refractivity contribution in [1.82, 2.24) is 19.7 Å². The number of pyridine rings is 1. The summed E-state index contributed by atoms with van der Waals surface area (Å²) in [6.45, 7) is 0. The third kappa shape index (κ3) is 2.78. The quantitative estimate of drug-likeness (QED) is 0.481. The Morgan fingerprint density at radius 1 is 1.08 bits per heavy atom. The predicted octanol–water partition coefficient (Wildman–Crippen LogP) is 3.19. The van der Waals surface area contributed by atoms with Gasteiger partial charge >= 0.3 is 5.63 Å². The summed E-state index contributed by atoms with van der Waals surface area (Å²) in [5.41, 5.74) is -0.0126. The maximum Gasteiger partial charge on any atom is 0.348 e. The largest absolute Gasteiger partial charge is 0.401 e. The zero-order valence-electron chi connectivity index (χ0n) is 12.8. The van der Waals surface area contributed by atoms with Gasteiger partial charge in [-0.1, -0.05) is 34.8 Å². The van der Waals surface area contributed by atoms with Crippen molar-refractivity contribution in [3.8, 4) is 17.4 Å². The molecular weight excluding hydrogens is 397 g/mol. The molecule has 0 aliphatic rings. The minimum atomic E-state index is -0.684. The van der Waals surface area contributed by atoms with Gasteiger partial charge in [-0.05, 0) is 30.3 Å². The molecule has 0 aliphatic carbocycles. The zero-order valence-corrected chi connectivity index (χ0v) is 15.0. The van der Waals surface area contributed by atoms with E-state index in [2.05, 4.69) is 15.1 Å². The number of rotatable bonds is 2. The summed E-state index contributed by atoms with van der Waals surface area (Å²) in [5.74, 6) is 0.264. The molecule has 0 amide bonds. The average Bonchev–Trinajstić information content (AvgIpc) is 3.00. The lowest BCUT2D eigenvalue weighted by molar-refractivity contribution is 0.513. The topological polar surface area (TPSA) is 73.8 Å². The standard InChI is InChI=1S/C16H6BCl3N4O2/c17-11-6-10(24(23-11)14-9(20)2-1-5-21-14)15-22-13-8(19)4-3-7(18)12(13)16(25)26-15/h1-6H. The monoisotopic (exact) mass is 402 g/mol. The van der Waals surface area contributed by atoms with Gasteiger partial charge < -0.3 is 4.42 Å². The average molecular weight is 403 g/mol. The highest BCUT2D eigenvalue weighted by Crippen LogP contribution is 2.29. The molecule has 126 valence electrons. The molecule has 0 saturated carbocycles. The first kappa shape index (κ1) is 17.1. The van der Waals surface area contributed by atoms with Crippen LogP contribution in [0.15, 0.2) is 45.7 Å². The highest BCUT2D eigenvalue weighted by molar-refractivity contribution is 6.39. The van der Waals surface area contributed by atoms with Crippen LogP contribution in [0.3, 0.4) is 0 Å². The van der Waals surface area contributed by atoms with Crippen molar-refractivity contribution >= 4 is 59.1 Å². The molecule has 4 aromatic rings. The molecule has 0 unspecified atom stereocenters. The molecule has 0 aliphatic heterocycles. The third-order valence-electron chi connectivity index (χ3n) is 3.57. The second-order valence-electron chi connectivity index (χ2n) is 5.23. The fourth-order valence-corrected chi connectivity index (χ4v) is 3.09. The highest BCUT2D eigenvalue weighted by atomic mass is 35.5. The predicted molar refractivity (Wildman–Crippen MR) is 101 cm³/mol. The number of hydrogen-bond donors (Lipinski definition) is 0. The molecule has 0 bridgehead atoms. The Morgan fingerprint density at radius 2 is 1.85 bits per heavy atom. The summed E-state index contributed by atoms with van der Waals surface area (Å²) >= 11 is 18.4. The second kappa shape index (κ2) is 6.43. The van der Waals surface area contributed by atoms with Crippen molar-refractivity contribution in [2.45, 2.75) is 0 Å². The van der Waals surface area contributed by atoms with E-state index in [1.54, 1.807) is 24.4 Å². The van der Waals surface area contributed by atoms with E-state index in [-0.39, 0.29) is 38.1 Å². The lowest BCUT2D eigenvalue weighted by Crippen LogP contribution is -2.09. The van der Waals surface area contributed by atoms with E-state index in [0.717, 1.165) is 0 Å². The Labute approximate surface area is 162 Å². The summed E-state index contributed by atoms with van der Waals surface area (Å²) in [5, 5.41) is 5.03. The fraction of sp³-hybridized carbons (Fsp3) is 0. The minimum Gasteiger partial charge on any atom is -0.401 e. The molecule has 0 atom stereocenters. The zero-order chi connectivity index (χ0) is 18.4. The van der Waals surface area contributed by atoms with E-state index in [9.17, 15) is 4.79 Å². The SMILES string of the molecule is [B]c1cc(-c2nc3c(Cl)ccc(Cl)c3c(=O)o2)n(-c2ncccc2Cl)n1. The third-order valence-corrected chi connectivity index (χ3v) is 4.49. The van der Waals surface area contributed by atoms with Gasteiger partial charge in [-0.15, -0.1) is 0 Å². The maximum absolute atomic E-state index is 12.4. The van der Waals surface area contributed by atoms with Crippen LogP contribution in [0.25, 0.3) is 28.3 Å². The first-order valence-corrected chi connectivity index (χ1v) is 8.35. The van der Waals surface area contributed by atoms with Crippen molar-refractivity contribution in [1.29, 1.82) is 0 Å². The molecule has 10 heteroatoms. The smallest absolute Gasteiger partial charge is 0.348 e. The molecule has 2 radical (unpaired) electrons. The lowest BCUT2D eigenvalue weighted by atomic mass is 10.1. The van der Waals surface area contributed by atoms with E-state index in [1.165, 1.54) is 16.8 Å². The van der Waals surface area contributed by atoms with Crippen LogP contribution in [0.2, 0.25) is 15.1 Å². The number of nitrogens with zero attached hydrogens (tertiary/aromatic N) is 4. The molecule has 3 heterocycles. The molecule has 1 aromatic carbocycles. The van der Waals surface area contributed by atoms with Gasteiger partial charge in [-0.2, -0.15) is 5.10 Å². The maximum atomic E-state index is 12.4. The Balaban J connectivity index is 2.02. The van der Waals surface area contributed by atoms with Crippen LogP contribution < -0.4 is 11.2 Å². The van der Waals surface area contributed by atoms with Crippen molar-refractivity contribution in [3.05, 3.63) is 62.0 Å². The van der Waals surface area contributed by atoms with E-state index in [1.807, 2.05) is 0 Å². The molecule has 4 rings (SSSR count). The number of aromatic nitrogens is 4. The fourth-order valence-electron chi connectivity index (χ4n) is 2.46. The first-order chi connectivity index (χ1) is 12.5. The number of benzene rings is 1. The summed E-state index contributed by atoms with van der Waals surface area (Å²) in [6.07, 6.45) is 1.55. The molecule has 0 fully saturated rings. The number of hydrogen-bond acceptors (Lipinski definition) is 5. The van der Waals surface area contributed by atoms with Crippen LogP contribution in [0.4, 0.5) is 0 Å². The van der Waals surface area contributed by atoms with Gasteiger partial charge in [0, 0.05) is 11.8 Å². The molecule has 0 saturated heterocycles. The summed E-state index contributed by atoms with van der Waals surface area (Å²) in [4.78, 5) is 20.9. The van der Waals surface area contributed by atoms with Crippen molar-refractivity contribution < 1.29 is 4.42 Å². The molecule has 26 heavy (non-hydrogen) atoms. The van der Waals surface area contributed by atoms with Gasteiger partial charge in [0.2, 0.25) is 5.89 Å². The summed E-state index contributed by atoms with van der Waals surface area (Å²) in [6, 6.07) is 7.85. The van der Waals surface area contributed by atoms with Crippen LogP contribution in [0.1, 0.15) is 0 Å².